The van der Waals surface area contributed by atoms with Crippen molar-refractivity contribution < 1.29 is 0 Å². The van der Waals surface area contributed by atoms with E-state index in [2.05, 4.69) is 158 Å². The second kappa shape index (κ2) is 9.19. The Morgan fingerprint density at radius 3 is 2.07 bits per heavy atom. The van der Waals surface area contributed by atoms with E-state index in [1.165, 1.54) is 74.5 Å². The Kier molecular flexibility index (Phi) is 5.33. The van der Waals surface area contributed by atoms with Crippen LogP contribution in [0, 0.1) is 0 Å². The number of para-hydroxylation sites is 1. The number of anilines is 3. The molecule has 0 aliphatic heterocycles. The molecule has 1 aliphatic rings. The zero-order valence-corrected chi connectivity index (χ0v) is 25.8. The number of benzene rings is 7. The molecule has 2 heteroatoms. The van der Waals surface area contributed by atoms with Crippen molar-refractivity contribution >= 4 is 72.4 Å². The van der Waals surface area contributed by atoms with E-state index in [4.69, 9.17) is 0 Å². The van der Waals surface area contributed by atoms with Crippen molar-refractivity contribution in [2.75, 3.05) is 4.90 Å². The zero-order chi connectivity index (χ0) is 28.7. The molecule has 0 unspecified atom stereocenters. The second-order valence-electron chi connectivity index (χ2n) is 12.2. The number of rotatable bonds is 3. The van der Waals surface area contributed by atoms with E-state index in [0.29, 0.717) is 0 Å². The molecular weight excluding hydrogens is 585 g/mol. The van der Waals surface area contributed by atoms with Gasteiger partial charge in [-0.2, -0.15) is 0 Å². The molecule has 43 heavy (non-hydrogen) atoms. The molecule has 0 saturated heterocycles. The summed E-state index contributed by atoms with van der Waals surface area (Å²) in [5.41, 5.74) is 8.97. The Balaban J connectivity index is 1.30. The third kappa shape index (κ3) is 3.64. The van der Waals surface area contributed by atoms with Crippen LogP contribution in [-0.2, 0) is 5.41 Å². The first-order valence-corrected chi connectivity index (χ1v) is 16.7. The van der Waals surface area contributed by atoms with Crippen LogP contribution in [0.3, 0.4) is 0 Å². The molecule has 1 aliphatic carbocycles. The van der Waals surface area contributed by atoms with E-state index in [1.54, 1.807) is 0 Å². The van der Waals surface area contributed by atoms with Crippen LogP contribution in [0.15, 0.2) is 140 Å². The summed E-state index contributed by atoms with van der Waals surface area (Å²) < 4.78 is 3.00. The fourth-order valence-corrected chi connectivity index (χ4v) is 9.97. The molecule has 1 heterocycles. The van der Waals surface area contributed by atoms with Crippen molar-refractivity contribution in [3.05, 3.63) is 151 Å². The molecule has 0 atom stereocenters. The first-order valence-electron chi connectivity index (χ1n) is 14.9. The van der Waals surface area contributed by atoms with E-state index in [-0.39, 0.29) is 19.9 Å². The fourth-order valence-electron chi connectivity index (χ4n) is 7.30. The minimum absolute atomic E-state index is 0.0540. The third-order valence-electron chi connectivity index (χ3n) is 9.43. The Morgan fingerprint density at radius 1 is 0.488 bits per heavy atom. The van der Waals surface area contributed by atoms with Crippen LogP contribution in [0.1, 0.15) is 25.0 Å². The molecule has 0 bridgehead atoms. The van der Waals surface area contributed by atoms with Gasteiger partial charge in [0.25, 0.3) is 0 Å². The van der Waals surface area contributed by atoms with Gasteiger partial charge in [-0.15, -0.1) is 0 Å². The summed E-state index contributed by atoms with van der Waals surface area (Å²) >= 11 is 0.287. The minimum atomic E-state index is -0.0540. The summed E-state index contributed by atoms with van der Waals surface area (Å²) in [6, 6.07) is 51.9. The van der Waals surface area contributed by atoms with Crippen LogP contribution < -0.4 is 4.90 Å². The van der Waals surface area contributed by atoms with Crippen LogP contribution in [0.4, 0.5) is 17.1 Å². The molecule has 8 aromatic rings. The van der Waals surface area contributed by atoms with E-state index in [9.17, 15) is 0 Å². The van der Waals surface area contributed by atoms with Crippen LogP contribution in [0.5, 0.6) is 0 Å². The number of fused-ring (bicyclic) bond motifs is 10. The molecule has 9 rings (SSSR count). The molecule has 1 aromatic heterocycles. The number of nitrogens with zero attached hydrogens (tertiary/aromatic N) is 1. The van der Waals surface area contributed by atoms with E-state index in [1.807, 2.05) is 0 Å². The van der Waals surface area contributed by atoms with Gasteiger partial charge in [0, 0.05) is 0 Å². The molecule has 0 fully saturated rings. The van der Waals surface area contributed by atoms with Gasteiger partial charge in [-0.25, -0.2) is 0 Å². The van der Waals surface area contributed by atoms with Gasteiger partial charge >= 0.3 is 246 Å². The first kappa shape index (κ1) is 24.9. The number of hydrogen-bond acceptors (Lipinski definition) is 1. The molecule has 1 nitrogen and oxygen atoms in total. The van der Waals surface area contributed by atoms with Crippen LogP contribution in [-0.4, -0.2) is 14.5 Å². The Bertz CT molecular complexity index is 2380. The van der Waals surface area contributed by atoms with Gasteiger partial charge in [0.1, 0.15) is 0 Å². The standard InChI is InChI=1S/C41H29NSe/c1-41(2)36-14-8-6-12-31(36)32-23-21-30(25-37(32)41)42(28-10-4-3-5-11-28)29-20-18-26-16-17-27-19-22-34-33-13-7-9-15-38(33)43-40(34)39(27)35(26)24-29/h3-25H,1-2H3. The molecular formula is C41H29NSe. The van der Waals surface area contributed by atoms with Gasteiger partial charge in [-0.1, -0.05) is 12.1 Å². The Labute approximate surface area is 257 Å². The maximum absolute atomic E-state index is 2.43. The van der Waals surface area contributed by atoms with Gasteiger partial charge in [0.2, 0.25) is 0 Å². The van der Waals surface area contributed by atoms with Gasteiger partial charge < -0.3 is 0 Å². The van der Waals surface area contributed by atoms with Crippen molar-refractivity contribution in [2.24, 2.45) is 0 Å². The predicted molar refractivity (Wildman–Crippen MR) is 186 cm³/mol. The summed E-state index contributed by atoms with van der Waals surface area (Å²) in [4.78, 5) is 2.43. The molecule has 204 valence electrons. The average molecular weight is 615 g/mol. The second-order valence-corrected chi connectivity index (χ2v) is 14.4. The molecule has 0 spiro atoms. The van der Waals surface area contributed by atoms with E-state index in [0.717, 1.165) is 5.69 Å². The Morgan fingerprint density at radius 2 is 1.16 bits per heavy atom. The van der Waals surface area contributed by atoms with Gasteiger partial charge in [-0.05, 0) is 0 Å². The maximum atomic E-state index is 2.43. The van der Waals surface area contributed by atoms with Crippen LogP contribution >= 0.6 is 0 Å². The third-order valence-corrected chi connectivity index (χ3v) is 12.0. The number of hydrogen-bond donors (Lipinski definition) is 0. The topological polar surface area (TPSA) is 3.24 Å². The SMILES string of the molecule is CC1(C)c2ccccc2-c2ccc(N(c3ccccc3)c3ccc4ccc5ccc6c7ccccc7[se]c6c5c4c3)cc21. The molecule has 0 radical (unpaired) electrons. The monoisotopic (exact) mass is 615 g/mol. The molecule has 0 saturated carbocycles. The molecule has 0 N–H and O–H groups in total. The first-order chi connectivity index (χ1) is 21.1. The molecule has 7 aromatic carbocycles. The predicted octanol–water partition coefficient (Wildman–Crippen LogP) is 11.1. The summed E-state index contributed by atoms with van der Waals surface area (Å²) in [7, 11) is 0. The molecule has 0 amide bonds. The Hall–Kier alpha value is -4.62. The summed E-state index contributed by atoms with van der Waals surface area (Å²) in [5.74, 6) is 0. The summed E-state index contributed by atoms with van der Waals surface area (Å²) in [6.07, 6.45) is 0. The van der Waals surface area contributed by atoms with Gasteiger partial charge in [-0.3, -0.25) is 0 Å². The van der Waals surface area contributed by atoms with Crippen molar-refractivity contribution in [2.45, 2.75) is 19.3 Å². The fraction of sp³-hybridized carbons (Fsp3) is 0.0732. The van der Waals surface area contributed by atoms with Crippen molar-refractivity contribution in [1.29, 1.82) is 0 Å². The zero-order valence-electron chi connectivity index (χ0n) is 24.1. The summed E-state index contributed by atoms with van der Waals surface area (Å²) in [5, 5.41) is 8.15. The van der Waals surface area contributed by atoms with Gasteiger partial charge in [0.05, 0.1) is 0 Å². The van der Waals surface area contributed by atoms with E-state index < -0.39 is 0 Å². The van der Waals surface area contributed by atoms with Crippen molar-refractivity contribution in [3.63, 3.8) is 0 Å². The van der Waals surface area contributed by atoms with Crippen molar-refractivity contribution in [1.82, 2.24) is 0 Å². The quantitative estimate of drug-likeness (QED) is 0.141. The van der Waals surface area contributed by atoms with Gasteiger partial charge in [0.15, 0.2) is 0 Å². The summed E-state index contributed by atoms with van der Waals surface area (Å²) in [6.45, 7) is 4.72. The van der Waals surface area contributed by atoms with Crippen molar-refractivity contribution in [3.8, 4) is 11.1 Å². The van der Waals surface area contributed by atoms with E-state index >= 15 is 0 Å². The van der Waals surface area contributed by atoms with Crippen LogP contribution in [0.2, 0.25) is 0 Å². The normalized spacial score (nSPS) is 13.5. The average Bonchev–Trinajstić information content (AvgIpc) is 3.54. The van der Waals surface area contributed by atoms with Crippen LogP contribution in [0.25, 0.3) is 52.0 Å².